The van der Waals surface area contributed by atoms with Crippen LogP contribution in [0.2, 0.25) is 0 Å². The summed E-state index contributed by atoms with van der Waals surface area (Å²) in [7, 11) is 0. The molecule has 2 amide bonds. The van der Waals surface area contributed by atoms with Gasteiger partial charge in [0.25, 0.3) is 5.91 Å². The number of nitrogens with zero attached hydrogens (tertiary/aromatic N) is 1. The Morgan fingerprint density at radius 1 is 1.25 bits per heavy atom. The number of hydrogen-bond donors (Lipinski definition) is 2. The van der Waals surface area contributed by atoms with Gasteiger partial charge in [0.2, 0.25) is 11.8 Å². The molecule has 2 aromatic rings. The number of carbonyl (C=O) groups is 2. The number of furan rings is 1. The minimum atomic E-state index is -0.673. The summed E-state index contributed by atoms with van der Waals surface area (Å²) < 4.78 is 11.1. The Labute approximate surface area is 164 Å². The van der Waals surface area contributed by atoms with E-state index < -0.39 is 11.9 Å². The number of pyridine rings is 1. The first-order valence-electron chi connectivity index (χ1n) is 9.77. The van der Waals surface area contributed by atoms with Gasteiger partial charge >= 0.3 is 0 Å². The Balaban J connectivity index is 1.60. The predicted molar refractivity (Wildman–Crippen MR) is 104 cm³/mol. The third kappa shape index (κ3) is 5.12. The fourth-order valence-corrected chi connectivity index (χ4v) is 3.28. The number of hydrogen-bond acceptors (Lipinski definition) is 5. The second-order valence-corrected chi connectivity index (χ2v) is 7.38. The highest BCUT2D eigenvalue weighted by Gasteiger charge is 2.26. The molecule has 7 nitrogen and oxygen atoms in total. The molecule has 0 aromatic carbocycles. The minimum absolute atomic E-state index is 0.0815. The van der Waals surface area contributed by atoms with Crippen molar-refractivity contribution < 1.29 is 18.7 Å². The van der Waals surface area contributed by atoms with E-state index in [1.807, 2.05) is 26.0 Å². The third-order valence-electron chi connectivity index (χ3n) is 4.86. The van der Waals surface area contributed by atoms with Crippen LogP contribution >= 0.6 is 0 Å². The van der Waals surface area contributed by atoms with Gasteiger partial charge in [-0.05, 0) is 49.8 Å². The molecule has 28 heavy (non-hydrogen) atoms. The molecular formula is C21H27N3O4. The van der Waals surface area contributed by atoms with E-state index in [-0.39, 0.29) is 30.2 Å². The smallest absolute Gasteiger partial charge is 0.287 e. The molecule has 1 fully saturated rings. The van der Waals surface area contributed by atoms with Crippen LogP contribution in [0.5, 0.6) is 5.88 Å². The van der Waals surface area contributed by atoms with E-state index in [1.54, 1.807) is 18.3 Å². The van der Waals surface area contributed by atoms with Crippen molar-refractivity contribution >= 4 is 11.8 Å². The van der Waals surface area contributed by atoms with E-state index >= 15 is 0 Å². The lowest BCUT2D eigenvalue weighted by Gasteiger charge is -2.22. The van der Waals surface area contributed by atoms with E-state index in [0.29, 0.717) is 5.88 Å². The number of ether oxygens (including phenoxy) is 1. The van der Waals surface area contributed by atoms with E-state index in [0.717, 1.165) is 18.4 Å². The Kier molecular flexibility index (Phi) is 6.68. The first-order valence-corrected chi connectivity index (χ1v) is 9.77. The molecule has 0 aliphatic heterocycles. The number of carbonyl (C=O) groups excluding carboxylic acids is 2. The fourth-order valence-electron chi connectivity index (χ4n) is 3.28. The summed E-state index contributed by atoms with van der Waals surface area (Å²) in [6, 6.07) is 6.24. The maximum absolute atomic E-state index is 12.7. The van der Waals surface area contributed by atoms with Gasteiger partial charge in [0.15, 0.2) is 5.76 Å². The van der Waals surface area contributed by atoms with Crippen LogP contribution in [0.3, 0.4) is 0 Å². The molecule has 2 heterocycles. The van der Waals surface area contributed by atoms with E-state index in [1.165, 1.54) is 19.1 Å². The number of amides is 2. The normalized spacial score (nSPS) is 15.4. The average Bonchev–Trinajstić information content (AvgIpc) is 3.38. The number of nitrogens with one attached hydrogen (secondary N) is 2. The maximum Gasteiger partial charge on any atom is 0.287 e. The van der Waals surface area contributed by atoms with Crippen LogP contribution in [0.4, 0.5) is 0 Å². The Bertz CT molecular complexity index is 783. The quantitative estimate of drug-likeness (QED) is 0.728. The average molecular weight is 385 g/mol. The zero-order valence-electron chi connectivity index (χ0n) is 16.3. The maximum atomic E-state index is 12.7. The fraction of sp³-hybridized carbons (Fsp3) is 0.476. The number of rotatable bonds is 8. The van der Waals surface area contributed by atoms with E-state index in [4.69, 9.17) is 9.15 Å². The van der Waals surface area contributed by atoms with Gasteiger partial charge < -0.3 is 19.8 Å². The molecule has 2 N–H and O–H groups in total. The van der Waals surface area contributed by atoms with Crippen LogP contribution in [-0.2, 0) is 11.3 Å². The first kappa shape index (κ1) is 19.9. The molecule has 0 saturated heterocycles. The first-order chi connectivity index (χ1) is 13.5. The topological polar surface area (TPSA) is 93.5 Å². The predicted octanol–water partition coefficient (Wildman–Crippen LogP) is 3.07. The molecule has 3 rings (SSSR count). The molecule has 1 aliphatic rings. The molecule has 0 radical (unpaired) electrons. The van der Waals surface area contributed by atoms with Crippen LogP contribution < -0.4 is 15.4 Å². The van der Waals surface area contributed by atoms with Crippen molar-refractivity contribution in [3.8, 4) is 5.88 Å². The van der Waals surface area contributed by atoms with Crippen molar-refractivity contribution in [3.05, 3.63) is 48.0 Å². The van der Waals surface area contributed by atoms with Gasteiger partial charge in [0.1, 0.15) is 12.1 Å². The van der Waals surface area contributed by atoms with Crippen LogP contribution in [0.25, 0.3) is 0 Å². The molecule has 7 heteroatoms. The van der Waals surface area contributed by atoms with Crippen molar-refractivity contribution in [2.45, 2.75) is 58.2 Å². The highest BCUT2D eigenvalue weighted by Crippen LogP contribution is 2.25. The lowest BCUT2D eigenvalue weighted by molar-refractivity contribution is -0.124. The zero-order valence-corrected chi connectivity index (χ0v) is 16.3. The molecular weight excluding hydrogens is 358 g/mol. The monoisotopic (exact) mass is 385 g/mol. The van der Waals surface area contributed by atoms with Gasteiger partial charge in [0, 0.05) is 18.3 Å². The van der Waals surface area contributed by atoms with Gasteiger partial charge in [0.05, 0.1) is 6.26 Å². The summed E-state index contributed by atoms with van der Waals surface area (Å²) in [5, 5.41) is 5.63. The summed E-state index contributed by atoms with van der Waals surface area (Å²) in [6.07, 6.45) is 7.74. The highest BCUT2D eigenvalue weighted by molar-refractivity contribution is 5.95. The van der Waals surface area contributed by atoms with Gasteiger partial charge in [-0.2, -0.15) is 0 Å². The number of aromatic nitrogens is 1. The summed E-state index contributed by atoms with van der Waals surface area (Å²) in [5.74, 6) is -0.00791. The lowest BCUT2D eigenvalue weighted by Crippen LogP contribution is -2.49. The molecule has 1 saturated carbocycles. The Hall–Kier alpha value is -2.83. The summed E-state index contributed by atoms with van der Waals surface area (Å²) in [5.41, 5.74) is 0.822. The second kappa shape index (κ2) is 9.39. The molecule has 0 spiro atoms. The minimum Gasteiger partial charge on any atom is -0.474 e. The van der Waals surface area contributed by atoms with Crippen LogP contribution in [-0.4, -0.2) is 28.9 Å². The van der Waals surface area contributed by atoms with Crippen molar-refractivity contribution in [1.82, 2.24) is 15.6 Å². The van der Waals surface area contributed by atoms with Gasteiger partial charge in [-0.15, -0.1) is 0 Å². The molecule has 1 atom stereocenters. The van der Waals surface area contributed by atoms with Gasteiger partial charge in [-0.3, -0.25) is 9.59 Å². The molecule has 2 aromatic heterocycles. The SMILES string of the molecule is CC(C)C(NC(=O)c1ccco1)C(=O)NCc1cccnc1OC1CCCC1. The second-order valence-electron chi connectivity index (χ2n) is 7.38. The summed E-state index contributed by atoms with van der Waals surface area (Å²) >= 11 is 0. The van der Waals surface area contributed by atoms with Crippen molar-refractivity contribution in [2.75, 3.05) is 0 Å². The van der Waals surface area contributed by atoms with Crippen LogP contribution in [0.15, 0.2) is 41.1 Å². The molecule has 0 bridgehead atoms. The van der Waals surface area contributed by atoms with Crippen LogP contribution in [0.1, 0.15) is 55.6 Å². The van der Waals surface area contributed by atoms with Crippen molar-refractivity contribution in [2.24, 2.45) is 5.92 Å². The molecule has 1 unspecified atom stereocenters. The zero-order chi connectivity index (χ0) is 19.9. The molecule has 150 valence electrons. The van der Waals surface area contributed by atoms with Gasteiger partial charge in [-0.25, -0.2) is 4.98 Å². The summed E-state index contributed by atoms with van der Waals surface area (Å²) in [4.78, 5) is 29.3. The third-order valence-corrected chi connectivity index (χ3v) is 4.86. The van der Waals surface area contributed by atoms with Gasteiger partial charge in [-0.1, -0.05) is 19.9 Å². The standard InChI is InChI=1S/C21H27N3O4/c1-14(2)18(24-19(25)17-10-6-12-27-17)20(26)23-13-15-7-5-11-22-21(15)28-16-8-3-4-9-16/h5-7,10-12,14,16,18H,3-4,8-9,13H2,1-2H3,(H,23,26)(H,24,25). The largest absolute Gasteiger partial charge is 0.474 e. The van der Waals surface area contributed by atoms with Crippen LogP contribution in [0, 0.1) is 5.92 Å². The Morgan fingerprint density at radius 2 is 2.04 bits per heavy atom. The highest BCUT2D eigenvalue weighted by atomic mass is 16.5. The van der Waals surface area contributed by atoms with Crippen molar-refractivity contribution in [3.63, 3.8) is 0 Å². The lowest BCUT2D eigenvalue weighted by atomic mass is 10.0. The Morgan fingerprint density at radius 3 is 2.71 bits per heavy atom. The van der Waals surface area contributed by atoms with Crippen molar-refractivity contribution in [1.29, 1.82) is 0 Å². The van der Waals surface area contributed by atoms with E-state index in [9.17, 15) is 9.59 Å². The summed E-state index contributed by atoms with van der Waals surface area (Å²) in [6.45, 7) is 4.05. The molecule has 1 aliphatic carbocycles. The van der Waals surface area contributed by atoms with E-state index in [2.05, 4.69) is 15.6 Å².